The van der Waals surface area contributed by atoms with Gasteiger partial charge in [-0.15, -0.1) is 0 Å². The SMILES string of the molecule is CCC(C1=NC2(c3ccccc3)C(=O)CCC(=O)C2(N(C)O)S1)c1ccc(CC(C)C)cc1. The Bertz CT molecular complexity index is 1060. The first-order chi connectivity index (χ1) is 15.8. The maximum Gasteiger partial charge on any atom is 0.190 e. The van der Waals surface area contributed by atoms with Crippen LogP contribution in [0.2, 0.25) is 0 Å². The van der Waals surface area contributed by atoms with E-state index in [0.29, 0.717) is 11.5 Å². The molecule has 1 N–H and O–H groups in total. The number of hydrogen-bond donors (Lipinski definition) is 1. The zero-order valence-corrected chi connectivity index (χ0v) is 20.6. The number of likely N-dealkylation sites (N-methyl/N-ethyl adjacent to an activating group) is 1. The van der Waals surface area contributed by atoms with Crippen LogP contribution in [0.1, 0.15) is 62.6 Å². The number of aliphatic imine (C=N–C) groups is 1. The van der Waals surface area contributed by atoms with E-state index in [9.17, 15) is 14.8 Å². The molecule has 2 aromatic carbocycles. The van der Waals surface area contributed by atoms with Crippen molar-refractivity contribution >= 4 is 28.4 Å². The molecule has 0 aromatic heterocycles. The number of hydrogen-bond acceptors (Lipinski definition) is 6. The highest BCUT2D eigenvalue weighted by molar-refractivity contribution is 8.16. The standard InChI is InChI=1S/C27H32N2O3S/c1-5-22(20-13-11-19(12-14-20)17-18(2)3)25-28-26(21-9-7-6-8-10-21)23(30)15-16-24(31)27(26,33-25)29(4)32/h6-14,18,22,32H,5,15-17H2,1-4H3. The number of fused-ring (bicyclic) bond motifs is 1. The molecule has 33 heavy (non-hydrogen) atoms. The first kappa shape index (κ1) is 23.9. The van der Waals surface area contributed by atoms with Crippen LogP contribution in [0.4, 0.5) is 0 Å². The fourth-order valence-electron chi connectivity index (χ4n) is 5.22. The van der Waals surface area contributed by atoms with Gasteiger partial charge in [-0.25, -0.2) is 0 Å². The Balaban J connectivity index is 1.85. The molecular formula is C27H32N2O3S. The highest BCUT2D eigenvalue weighted by atomic mass is 32.2. The Morgan fingerprint density at radius 2 is 1.67 bits per heavy atom. The Morgan fingerprint density at radius 1 is 1.03 bits per heavy atom. The quantitative estimate of drug-likeness (QED) is 0.558. The normalized spacial score (nSPS) is 26.0. The summed E-state index contributed by atoms with van der Waals surface area (Å²) in [5.74, 6) is 0.228. The van der Waals surface area contributed by atoms with E-state index in [4.69, 9.17) is 4.99 Å². The van der Waals surface area contributed by atoms with Gasteiger partial charge in [-0.2, -0.15) is 5.06 Å². The monoisotopic (exact) mass is 464 g/mol. The number of ketones is 2. The molecule has 5 nitrogen and oxygen atoms in total. The Morgan fingerprint density at radius 3 is 2.24 bits per heavy atom. The number of benzene rings is 2. The van der Waals surface area contributed by atoms with Gasteiger partial charge in [0.1, 0.15) is 0 Å². The van der Waals surface area contributed by atoms with Gasteiger partial charge in [0.2, 0.25) is 0 Å². The lowest BCUT2D eigenvalue weighted by atomic mass is 9.70. The van der Waals surface area contributed by atoms with Crippen molar-refractivity contribution in [2.75, 3.05) is 7.05 Å². The molecule has 0 radical (unpaired) electrons. The van der Waals surface area contributed by atoms with E-state index in [1.165, 1.54) is 24.4 Å². The van der Waals surface area contributed by atoms with Gasteiger partial charge >= 0.3 is 0 Å². The van der Waals surface area contributed by atoms with Crippen molar-refractivity contribution in [3.05, 3.63) is 71.3 Å². The summed E-state index contributed by atoms with van der Waals surface area (Å²) in [4.78, 5) is 30.6. The number of carbonyl (C=O) groups is 2. The van der Waals surface area contributed by atoms with Gasteiger partial charge in [0.25, 0.3) is 0 Å². The van der Waals surface area contributed by atoms with Gasteiger partial charge in [0.15, 0.2) is 22.0 Å². The van der Waals surface area contributed by atoms with E-state index in [2.05, 4.69) is 45.0 Å². The van der Waals surface area contributed by atoms with Gasteiger partial charge in [0, 0.05) is 25.8 Å². The van der Waals surface area contributed by atoms with E-state index < -0.39 is 10.4 Å². The third-order valence-corrected chi connectivity index (χ3v) is 8.43. The summed E-state index contributed by atoms with van der Waals surface area (Å²) in [5, 5.41) is 12.5. The van der Waals surface area contributed by atoms with E-state index in [1.54, 1.807) is 0 Å². The van der Waals surface area contributed by atoms with Gasteiger partial charge in [-0.1, -0.05) is 87.1 Å². The molecule has 1 aliphatic carbocycles. The summed E-state index contributed by atoms with van der Waals surface area (Å²) in [5.41, 5.74) is 1.58. The molecule has 0 saturated heterocycles. The highest BCUT2D eigenvalue weighted by Gasteiger charge is 2.70. The fraction of sp³-hybridized carbons (Fsp3) is 0.444. The predicted octanol–water partition coefficient (Wildman–Crippen LogP) is 5.37. The maximum absolute atomic E-state index is 13.6. The van der Waals surface area contributed by atoms with Crippen molar-refractivity contribution in [3.8, 4) is 0 Å². The summed E-state index contributed by atoms with van der Waals surface area (Å²) in [6, 6.07) is 17.8. The third kappa shape index (κ3) is 3.78. The van der Waals surface area contributed by atoms with E-state index in [1.807, 2.05) is 30.3 Å². The van der Waals surface area contributed by atoms with Crippen LogP contribution in [0.25, 0.3) is 0 Å². The van der Waals surface area contributed by atoms with Gasteiger partial charge in [-0.05, 0) is 35.4 Å². The predicted molar refractivity (Wildman–Crippen MR) is 133 cm³/mol. The molecule has 1 fully saturated rings. The molecule has 4 rings (SSSR count). The zero-order valence-electron chi connectivity index (χ0n) is 19.7. The van der Waals surface area contributed by atoms with Crippen molar-refractivity contribution in [3.63, 3.8) is 0 Å². The van der Waals surface area contributed by atoms with Crippen LogP contribution in [-0.2, 0) is 21.5 Å². The second-order valence-electron chi connectivity index (χ2n) is 9.44. The largest absolute Gasteiger partial charge is 0.312 e. The Kier molecular flexibility index (Phi) is 6.63. The lowest BCUT2D eigenvalue weighted by Crippen LogP contribution is -2.66. The second kappa shape index (κ2) is 9.16. The number of hydroxylamine groups is 2. The molecule has 2 aliphatic rings. The van der Waals surface area contributed by atoms with Crippen LogP contribution < -0.4 is 0 Å². The molecule has 1 aliphatic heterocycles. The van der Waals surface area contributed by atoms with Gasteiger partial charge in [-0.3, -0.25) is 14.6 Å². The first-order valence-corrected chi connectivity index (χ1v) is 12.5. The summed E-state index contributed by atoms with van der Waals surface area (Å²) >= 11 is 1.25. The number of nitrogens with zero attached hydrogens (tertiary/aromatic N) is 2. The van der Waals surface area contributed by atoms with Crippen molar-refractivity contribution < 1.29 is 14.8 Å². The Labute approximate surface area is 200 Å². The van der Waals surface area contributed by atoms with Crippen LogP contribution in [0.3, 0.4) is 0 Å². The van der Waals surface area contributed by atoms with Crippen molar-refractivity contribution in [1.82, 2.24) is 5.06 Å². The molecule has 0 amide bonds. The molecule has 1 heterocycles. The zero-order chi connectivity index (χ0) is 23.8. The summed E-state index contributed by atoms with van der Waals surface area (Å²) in [7, 11) is 1.46. The minimum Gasteiger partial charge on any atom is -0.312 e. The summed E-state index contributed by atoms with van der Waals surface area (Å²) in [6.45, 7) is 6.50. The third-order valence-electron chi connectivity index (χ3n) is 6.76. The number of rotatable bonds is 7. The molecule has 174 valence electrons. The number of Topliss-reactive ketones (excluding diaryl/α,β-unsaturated/α-hetero) is 2. The molecule has 3 unspecified atom stereocenters. The number of thioether (sulfide) groups is 1. The van der Waals surface area contributed by atoms with Crippen LogP contribution in [-0.4, -0.2) is 38.8 Å². The van der Waals surface area contributed by atoms with Crippen molar-refractivity contribution in [2.45, 2.75) is 62.8 Å². The fourth-order valence-corrected chi connectivity index (χ4v) is 6.92. The van der Waals surface area contributed by atoms with Gasteiger partial charge < -0.3 is 5.21 Å². The van der Waals surface area contributed by atoms with Gasteiger partial charge in [0.05, 0.1) is 5.04 Å². The molecular weight excluding hydrogens is 432 g/mol. The molecule has 6 heteroatoms. The summed E-state index contributed by atoms with van der Waals surface area (Å²) in [6.07, 6.45) is 2.02. The van der Waals surface area contributed by atoms with E-state index in [-0.39, 0.29) is 30.3 Å². The first-order valence-electron chi connectivity index (χ1n) is 11.7. The topological polar surface area (TPSA) is 70.0 Å². The molecule has 0 bridgehead atoms. The van der Waals surface area contributed by atoms with Crippen molar-refractivity contribution in [1.29, 1.82) is 0 Å². The summed E-state index contributed by atoms with van der Waals surface area (Å²) < 4.78 is 0. The molecule has 2 aromatic rings. The lowest BCUT2D eigenvalue weighted by Gasteiger charge is -2.46. The smallest absolute Gasteiger partial charge is 0.190 e. The minimum atomic E-state index is -1.50. The van der Waals surface area contributed by atoms with Crippen LogP contribution in [0.15, 0.2) is 59.6 Å². The lowest BCUT2D eigenvalue weighted by molar-refractivity contribution is -0.172. The van der Waals surface area contributed by atoms with Crippen LogP contribution in [0, 0.1) is 5.92 Å². The van der Waals surface area contributed by atoms with Crippen molar-refractivity contribution in [2.24, 2.45) is 10.9 Å². The highest BCUT2D eigenvalue weighted by Crippen LogP contribution is 2.59. The maximum atomic E-state index is 13.6. The number of carbonyl (C=O) groups excluding carboxylic acids is 2. The van der Waals surface area contributed by atoms with Crippen LogP contribution in [0.5, 0.6) is 0 Å². The minimum absolute atomic E-state index is 0.0632. The molecule has 3 atom stereocenters. The second-order valence-corrected chi connectivity index (χ2v) is 10.7. The molecule has 0 spiro atoms. The Hall–Kier alpha value is -2.28. The molecule has 1 saturated carbocycles. The van der Waals surface area contributed by atoms with E-state index >= 15 is 0 Å². The average molecular weight is 465 g/mol. The average Bonchev–Trinajstić information content (AvgIpc) is 3.18. The van der Waals surface area contributed by atoms with Crippen LogP contribution >= 0.6 is 11.8 Å². The van der Waals surface area contributed by atoms with E-state index in [0.717, 1.165) is 28.5 Å².